The molecule has 0 atom stereocenters. The monoisotopic (exact) mass is 599 g/mol. The highest BCUT2D eigenvalue weighted by Crippen LogP contribution is 2.35. The van der Waals surface area contributed by atoms with Gasteiger partial charge in [0.15, 0.2) is 0 Å². The number of rotatable bonds is 7. The lowest BCUT2D eigenvalue weighted by Crippen LogP contribution is -2.43. The SMILES string of the molecule is O=C(c1ccc(Cl)c(S(=O)(=O)N(Cc2ccccc2)c2ccccc2Cl)c1)N1CCC(C(=O)N2CCCC2)CC1. The molecule has 5 rings (SSSR count). The Kier molecular flexibility index (Phi) is 8.68. The maximum absolute atomic E-state index is 14.1. The molecule has 0 bridgehead atoms. The first kappa shape index (κ1) is 28.5. The fourth-order valence-electron chi connectivity index (χ4n) is 5.36. The average Bonchev–Trinajstić information content (AvgIpc) is 3.52. The van der Waals surface area contributed by atoms with Crippen molar-refractivity contribution in [1.29, 1.82) is 0 Å². The summed E-state index contributed by atoms with van der Waals surface area (Å²) in [5, 5.41) is 0.285. The number of anilines is 1. The molecular weight excluding hydrogens is 569 g/mol. The molecule has 40 heavy (non-hydrogen) atoms. The Morgan fingerprint density at radius 3 is 2.12 bits per heavy atom. The summed E-state index contributed by atoms with van der Waals surface area (Å²) in [4.78, 5) is 29.7. The first-order valence-electron chi connectivity index (χ1n) is 13.4. The Hall–Kier alpha value is -3.07. The van der Waals surface area contributed by atoms with Crippen LogP contribution in [0.5, 0.6) is 0 Å². The van der Waals surface area contributed by atoms with Crippen molar-refractivity contribution >= 4 is 50.7 Å². The largest absolute Gasteiger partial charge is 0.342 e. The van der Waals surface area contributed by atoms with Gasteiger partial charge in [-0.15, -0.1) is 0 Å². The zero-order valence-corrected chi connectivity index (χ0v) is 24.3. The molecule has 2 aliphatic heterocycles. The maximum Gasteiger partial charge on any atom is 0.266 e. The van der Waals surface area contributed by atoms with Crippen molar-refractivity contribution in [1.82, 2.24) is 9.80 Å². The van der Waals surface area contributed by atoms with Gasteiger partial charge < -0.3 is 9.80 Å². The van der Waals surface area contributed by atoms with Gasteiger partial charge in [0.05, 0.1) is 22.3 Å². The Labute approximate surface area is 245 Å². The predicted molar refractivity (Wildman–Crippen MR) is 157 cm³/mol. The summed E-state index contributed by atoms with van der Waals surface area (Å²) in [5.41, 5.74) is 1.30. The van der Waals surface area contributed by atoms with E-state index in [1.807, 2.05) is 35.2 Å². The zero-order chi connectivity index (χ0) is 28.3. The first-order chi connectivity index (χ1) is 19.3. The van der Waals surface area contributed by atoms with E-state index < -0.39 is 10.0 Å². The molecule has 210 valence electrons. The Balaban J connectivity index is 1.39. The van der Waals surface area contributed by atoms with E-state index in [9.17, 15) is 18.0 Å². The molecule has 0 N–H and O–H groups in total. The number of hydrogen-bond acceptors (Lipinski definition) is 4. The summed E-state index contributed by atoms with van der Waals surface area (Å²) >= 11 is 12.9. The topological polar surface area (TPSA) is 78.0 Å². The third-order valence-electron chi connectivity index (χ3n) is 7.59. The van der Waals surface area contributed by atoms with Crippen molar-refractivity contribution in [2.24, 2.45) is 5.92 Å². The van der Waals surface area contributed by atoms with Crippen molar-refractivity contribution in [2.75, 3.05) is 30.5 Å². The number of sulfonamides is 1. The van der Waals surface area contributed by atoms with Gasteiger partial charge in [0.25, 0.3) is 15.9 Å². The van der Waals surface area contributed by atoms with Crippen molar-refractivity contribution < 1.29 is 18.0 Å². The van der Waals surface area contributed by atoms with E-state index in [-0.39, 0.29) is 44.8 Å². The number of halogens is 2. The number of nitrogens with zero attached hydrogens (tertiary/aromatic N) is 3. The molecule has 3 aromatic carbocycles. The van der Waals surface area contributed by atoms with Crippen molar-refractivity contribution in [3.05, 3.63) is 94.0 Å². The molecular formula is C30H31Cl2N3O4S. The fourth-order valence-corrected chi connectivity index (χ4v) is 7.63. The van der Waals surface area contributed by atoms with Gasteiger partial charge in [-0.05, 0) is 61.6 Å². The van der Waals surface area contributed by atoms with Crippen LogP contribution in [0.2, 0.25) is 10.0 Å². The maximum atomic E-state index is 14.1. The highest BCUT2D eigenvalue weighted by molar-refractivity contribution is 7.93. The summed E-state index contributed by atoms with van der Waals surface area (Å²) in [6, 6.07) is 20.2. The van der Waals surface area contributed by atoms with E-state index in [1.165, 1.54) is 16.4 Å². The van der Waals surface area contributed by atoms with Crippen molar-refractivity contribution in [3.8, 4) is 0 Å². The molecule has 2 amide bonds. The Morgan fingerprint density at radius 1 is 0.800 bits per heavy atom. The summed E-state index contributed by atoms with van der Waals surface area (Å²) in [5.74, 6) is -0.180. The second kappa shape index (κ2) is 12.2. The molecule has 2 fully saturated rings. The molecule has 2 saturated heterocycles. The minimum Gasteiger partial charge on any atom is -0.342 e. The number of piperidine rings is 1. The standard InChI is InChI=1S/C30H31Cl2N3O4S/c31-25-10-4-5-11-27(25)35(21-22-8-2-1-3-9-22)40(38,39)28-20-24(12-13-26(28)32)30(37)34-18-14-23(15-19-34)29(36)33-16-6-7-17-33/h1-5,8-13,20,23H,6-7,14-19,21H2. The van der Waals surface area contributed by atoms with Gasteiger partial charge >= 0.3 is 0 Å². The van der Waals surface area contributed by atoms with E-state index >= 15 is 0 Å². The van der Waals surface area contributed by atoms with Crippen LogP contribution >= 0.6 is 23.2 Å². The van der Waals surface area contributed by atoms with Gasteiger partial charge in [-0.25, -0.2) is 8.42 Å². The predicted octanol–water partition coefficient (Wildman–Crippen LogP) is 5.86. The van der Waals surface area contributed by atoms with Gasteiger partial charge in [0.1, 0.15) is 4.90 Å². The summed E-state index contributed by atoms with van der Waals surface area (Å²) in [6.07, 6.45) is 3.28. The number of para-hydroxylation sites is 1. The second-order valence-electron chi connectivity index (χ2n) is 10.2. The zero-order valence-electron chi connectivity index (χ0n) is 22.0. The lowest BCUT2D eigenvalue weighted by Gasteiger charge is -2.33. The number of likely N-dealkylation sites (tertiary alicyclic amines) is 2. The molecule has 3 aromatic rings. The minimum atomic E-state index is -4.23. The summed E-state index contributed by atoms with van der Waals surface area (Å²) in [6.45, 7) is 2.53. The van der Waals surface area contributed by atoms with Crippen LogP contribution in [0.4, 0.5) is 5.69 Å². The number of benzene rings is 3. The van der Waals surface area contributed by atoms with Crippen molar-refractivity contribution in [2.45, 2.75) is 37.1 Å². The molecule has 2 heterocycles. The number of carbonyl (C=O) groups is 2. The fraction of sp³-hybridized carbons (Fsp3) is 0.333. The third-order valence-corrected chi connectivity index (χ3v) is 10.1. The molecule has 0 aromatic heterocycles. The highest BCUT2D eigenvalue weighted by atomic mass is 35.5. The molecule has 2 aliphatic rings. The molecule has 0 saturated carbocycles. The quantitative estimate of drug-likeness (QED) is 0.340. The van der Waals surface area contributed by atoms with Gasteiger partial charge in [0.2, 0.25) is 5.91 Å². The normalized spacial score (nSPS) is 16.2. The summed E-state index contributed by atoms with van der Waals surface area (Å²) in [7, 11) is -4.23. The lowest BCUT2D eigenvalue weighted by atomic mass is 9.95. The molecule has 0 spiro atoms. The molecule has 0 radical (unpaired) electrons. The summed E-state index contributed by atoms with van der Waals surface area (Å²) < 4.78 is 29.5. The molecule has 0 aliphatic carbocycles. The smallest absolute Gasteiger partial charge is 0.266 e. The molecule has 7 nitrogen and oxygen atoms in total. The van der Waals surface area contributed by atoms with Gasteiger partial charge in [-0.3, -0.25) is 13.9 Å². The van der Waals surface area contributed by atoms with Gasteiger partial charge in [0, 0.05) is 37.7 Å². The van der Waals surface area contributed by atoms with Crippen LogP contribution in [0.3, 0.4) is 0 Å². The Bertz CT molecular complexity index is 1490. The van der Waals surface area contributed by atoms with Crippen LogP contribution in [0, 0.1) is 5.92 Å². The van der Waals surface area contributed by atoms with Crippen LogP contribution in [0.1, 0.15) is 41.6 Å². The minimum absolute atomic E-state index is 0.0107. The highest BCUT2D eigenvalue weighted by Gasteiger charge is 2.33. The van der Waals surface area contributed by atoms with Crippen molar-refractivity contribution in [3.63, 3.8) is 0 Å². The van der Waals surface area contributed by atoms with Gasteiger partial charge in [-0.1, -0.05) is 65.7 Å². The van der Waals surface area contributed by atoms with E-state index in [0.717, 1.165) is 31.5 Å². The van der Waals surface area contributed by atoms with Crippen LogP contribution in [-0.2, 0) is 21.4 Å². The first-order valence-corrected chi connectivity index (χ1v) is 15.6. The second-order valence-corrected chi connectivity index (χ2v) is 12.8. The van der Waals surface area contributed by atoms with E-state index in [1.54, 1.807) is 35.2 Å². The van der Waals surface area contributed by atoms with E-state index in [4.69, 9.17) is 23.2 Å². The number of carbonyl (C=O) groups excluding carboxylic acids is 2. The Morgan fingerprint density at radius 2 is 1.45 bits per heavy atom. The number of amides is 2. The lowest BCUT2D eigenvalue weighted by molar-refractivity contribution is -0.135. The van der Waals surface area contributed by atoms with Crippen LogP contribution in [0.15, 0.2) is 77.7 Å². The van der Waals surface area contributed by atoms with Crippen LogP contribution in [0.25, 0.3) is 0 Å². The molecule has 0 unspecified atom stereocenters. The third kappa shape index (κ3) is 5.99. The van der Waals surface area contributed by atoms with Gasteiger partial charge in [-0.2, -0.15) is 0 Å². The number of hydrogen-bond donors (Lipinski definition) is 0. The molecule has 10 heteroatoms. The van der Waals surface area contributed by atoms with Crippen LogP contribution < -0.4 is 4.31 Å². The van der Waals surface area contributed by atoms with Crippen LogP contribution in [-0.4, -0.2) is 56.2 Å². The average molecular weight is 601 g/mol. The van der Waals surface area contributed by atoms with E-state index in [0.29, 0.717) is 31.6 Å². The van der Waals surface area contributed by atoms with E-state index in [2.05, 4.69) is 0 Å².